The molecule has 0 N–H and O–H groups in total. The van der Waals surface area contributed by atoms with Crippen molar-refractivity contribution in [2.24, 2.45) is 9.98 Å². The molecule has 1 aromatic heterocycles. The maximum atomic E-state index is 10.8. The van der Waals surface area contributed by atoms with Gasteiger partial charge in [-0.1, -0.05) is 41.4 Å². The van der Waals surface area contributed by atoms with Crippen molar-refractivity contribution in [1.29, 1.82) is 0 Å². The summed E-state index contributed by atoms with van der Waals surface area (Å²) in [5, 5.41) is 2.89. The SMILES string of the molecule is CC(=Nc1c(C)cccc1C)c1ccc(C(C)=Nc2c(C)cccc2C)s1.FC(F)(F)OOO[S-].O=S([O-])OC(F)(F)F.[Fe+2]. The molecule has 2 aromatic carbocycles. The van der Waals surface area contributed by atoms with Gasteiger partial charge in [-0.25, -0.2) is 8.39 Å². The molecule has 44 heavy (non-hydrogen) atoms. The molecule has 18 heteroatoms. The number of thiophene rings is 1. The Morgan fingerprint density at radius 1 is 0.773 bits per heavy atom. The summed E-state index contributed by atoms with van der Waals surface area (Å²) in [6.45, 7) is 12.6. The van der Waals surface area contributed by atoms with E-state index in [0.29, 0.717) is 0 Å². The number of halogens is 6. The van der Waals surface area contributed by atoms with Gasteiger partial charge in [0.15, 0.2) is 0 Å². The van der Waals surface area contributed by atoms with E-state index >= 15 is 0 Å². The Hall–Kier alpha value is -2.12. The fourth-order valence-electron chi connectivity index (χ4n) is 3.27. The molecular formula is C26H26F6FeN2O6S3. The van der Waals surface area contributed by atoms with Crippen LogP contribution in [0.3, 0.4) is 0 Å². The first-order chi connectivity index (χ1) is 19.8. The summed E-state index contributed by atoms with van der Waals surface area (Å²) in [6.07, 6.45) is -9.95. The van der Waals surface area contributed by atoms with E-state index < -0.39 is 24.1 Å². The first kappa shape index (κ1) is 41.9. The van der Waals surface area contributed by atoms with Gasteiger partial charge in [0.2, 0.25) is 0 Å². The average molecular weight is 729 g/mol. The van der Waals surface area contributed by atoms with Crippen LogP contribution in [0, 0.1) is 27.7 Å². The summed E-state index contributed by atoms with van der Waals surface area (Å²) in [7, 11) is 0. The second-order valence-electron chi connectivity index (χ2n) is 8.44. The van der Waals surface area contributed by atoms with Gasteiger partial charge in [-0.15, -0.1) is 42.6 Å². The van der Waals surface area contributed by atoms with E-state index in [-0.39, 0.29) is 17.1 Å². The minimum atomic E-state index is -5.09. The van der Waals surface area contributed by atoms with Crippen LogP contribution in [0.15, 0.2) is 58.5 Å². The third kappa shape index (κ3) is 16.3. The van der Waals surface area contributed by atoms with Gasteiger partial charge in [0.1, 0.15) is 0 Å². The number of alkyl halides is 6. The van der Waals surface area contributed by atoms with Gasteiger partial charge < -0.3 is 21.8 Å². The fourth-order valence-corrected chi connectivity index (χ4v) is 4.34. The van der Waals surface area contributed by atoms with E-state index in [4.69, 9.17) is 18.7 Å². The van der Waals surface area contributed by atoms with Gasteiger partial charge in [-0.2, -0.15) is 0 Å². The van der Waals surface area contributed by atoms with Crippen LogP contribution in [0.5, 0.6) is 0 Å². The second kappa shape index (κ2) is 19.4. The van der Waals surface area contributed by atoms with Crippen LogP contribution in [0.4, 0.5) is 37.7 Å². The Bertz CT molecular complexity index is 1310. The quantitative estimate of drug-likeness (QED) is 0.0458. The molecule has 8 nitrogen and oxygen atoms in total. The molecule has 3 aromatic rings. The topological polar surface area (TPSA) is 102 Å². The molecule has 1 unspecified atom stereocenters. The zero-order chi connectivity index (χ0) is 33.0. The summed E-state index contributed by atoms with van der Waals surface area (Å²) < 4.78 is 87.9. The van der Waals surface area contributed by atoms with E-state index in [1.807, 2.05) is 0 Å². The molecular weight excluding hydrogens is 702 g/mol. The van der Waals surface area contributed by atoms with Crippen molar-refractivity contribution in [3.05, 3.63) is 80.5 Å². The monoisotopic (exact) mass is 728 g/mol. The third-order valence-electron chi connectivity index (χ3n) is 5.08. The van der Waals surface area contributed by atoms with E-state index in [2.05, 4.69) is 121 Å². The predicted octanol–water partition coefficient (Wildman–Crippen LogP) is 8.43. The van der Waals surface area contributed by atoms with Crippen molar-refractivity contribution in [3.8, 4) is 0 Å². The molecule has 0 saturated carbocycles. The molecule has 0 bridgehead atoms. The Balaban J connectivity index is 0.000000901. The Morgan fingerprint density at radius 3 is 1.36 bits per heavy atom. The molecule has 0 aliphatic rings. The van der Waals surface area contributed by atoms with E-state index in [1.165, 1.54) is 32.0 Å². The van der Waals surface area contributed by atoms with Gasteiger partial charge in [0, 0.05) is 9.75 Å². The maximum Gasteiger partial charge on any atom is 2.00 e. The standard InChI is InChI=1S/C24H26N2S.2CHF3O3S.Fe/c1-15-9-7-10-16(2)23(15)25-19(5)21-13-14-22(27-21)20(6)26-24-17(3)11-8-12-18(24)4;2-1(3,4)7-8(5)6;2-1(3,4)5-6-7-8;/h7-14H,1-6H3;(H,5,6);8H;/q;;;+2/p-2. The number of nitrogens with zero attached hydrogens (tertiary/aromatic N) is 2. The first-order valence-corrected chi connectivity index (χ1v) is 13.9. The summed E-state index contributed by atoms with van der Waals surface area (Å²) in [5.74, 6) is 0. The van der Waals surface area contributed by atoms with Crippen molar-refractivity contribution < 1.29 is 70.6 Å². The number of hydrogen-bond donors (Lipinski definition) is 0. The smallest absolute Gasteiger partial charge is 0.750 e. The summed E-state index contributed by atoms with van der Waals surface area (Å²) >= 11 is 1.71. The number of para-hydroxylation sites is 2. The zero-order valence-corrected chi connectivity index (χ0v) is 27.4. The van der Waals surface area contributed by atoms with Crippen molar-refractivity contribution >= 4 is 58.4 Å². The molecule has 1 atom stereocenters. The molecule has 0 aliphatic carbocycles. The van der Waals surface area contributed by atoms with Gasteiger partial charge in [0.05, 0.1) is 34.2 Å². The van der Waals surface area contributed by atoms with E-state index in [1.54, 1.807) is 11.3 Å². The second-order valence-corrected chi connectivity index (χ2v) is 10.2. The molecule has 0 aliphatic heterocycles. The number of hydrogen-bond acceptors (Lipinski definition) is 10. The van der Waals surface area contributed by atoms with Crippen molar-refractivity contribution in [1.82, 2.24) is 0 Å². The van der Waals surface area contributed by atoms with E-state index in [9.17, 15) is 26.3 Å². The zero-order valence-electron chi connectivity index (χ0n) is 23.8. The number of benzene rings is 2. The summed E-state index contributed by atoms with van der Waals surface area (Å²) in [5.41, 5.74) is 9.07. The van der Waals surface area contributed by atoms with E-state index in [0.717, 1.165) is 22.8 Å². The summed E-state index contributed by atoms with van der Waals surface area (Å²) in [4.78, 5) is 14.7. The number of aliphatic imine (C=N–C) groups is 2. The van der Waals surface area contributed by atoms with Crippen molar-refractivity contribution in [2.75, 3.05) is 0 Å². The van der Waals surface area contributed by atoms with Crippen molar-refractivity contribution in [2.45, 2.75) is 54.3 Å². The Labute approximate surface area is 272 Å². The van der Waals surface area contributed by atoms with Gasteiger partial charge in [-0.3, -0.25) is 9.98 Å². The van der Waals surface area contributed by atoms with Crippen LogP contribution in [0.1, 0.15) is 45.9 Å². The van der Waals surface area contributed by atoms with Gasteiger partial charge in [-0.05, 0) is 75.9 Å². The Morgan fingerprint density at radius 2 is 1.14 bits per heavy atom. The minimum Gasteiger partial charge on any atom is -0.750 e. The largest absolute Gasteiger partial charge is 2.00 e. The maximum absolute atomic E-state index is 10.8. The number of aryl methyl sites for hydroxylation is 4. The minimum absolute atomic E-state index is 0. The summed E-state index contributed by atoms with van der Waals surface area (Å²) in [6, 6.07) is 16.9. The van der Waals surface area contributed by atoms with Crippen LogP contribution >= 0.6 is 11.3 Å². The molecule has 1 heterocycles. The van der Waals surface area contributed by atoms with Crippen LogP contribution in [-0.2, 0) is 59.8 Å². The van der Waals surface area contributed by atoms with Crippen LogP contribution in [-0.4, -0.2) is 32.9 Å². The van der Waals surface area contributed by atoms with Crippen molar-refractivity contribution in [3.63, 3.8) is 0 Å². The molecule has 0 radical (unpaired) electrons. The molecule has 3 rings (SSSR count). The third-order valence-corrected chi connectivity index (χ3v) is 6.76. The van der Waals surface area contributed by atoms with Gasteiger partial charge in [0.25, 0.3) is 0 Å². The van der Waals surface area contributed by atoms with Crippen LogP contribution in [0.25, 0.3) is 0 Å². The fraction of sp³-hybridized carbons (Fsp3) is 0.308. The first-order valence-electron chi connectivity index (χ1n) is 11.7. The van der Waals surface area contributed by atoms with Gasteiger partial charge >= 0.3 is 29.8 Å². The normalized spacial score (nSPS) is 12.8. The number of rotatable bonds is 7. The predicted molar refractivity (Wildman–Crippen MR) is 153 cm³/mol. The molecule has 244 valence electrons. The molecule has 0 fully saturated rings. The molecule has 0 amide bonds. The average Bonchev–Trinajstić information content (AvgIpc) is 3.37. The molecule has 0 saturated heterocycles. The Kier molecular flexibility index (Phi) is 18.5. The van der Waals surface area contributed by atoms with Crippen LogP contribution < -0.4 is 0 Å². The van der Waals surface area contributed by atoms with Crippen LogP contribution in [0.2, 0.25) is 0 Å². The molecule has 0 spiro atoms.